The van der Waals surface area contributed by atoms with Crippen molar-refractivity contribution in [2.24, 2.45) is 5.41 Å². The van der Waals surface area contributed by atoms with Crippen LogP contribution in [0.25, 0.3) is 0 Å². The van der Waals surface area contributed by atoms with Crippen molar-refractivity contribution in [2.45, 2.75) is 44.4 Å². The minimum atomic E-state index is 0.439. The number of anilines is 1. The molecule has 2 aliphatic carbocycles. The van der Waals surface area contributed by atoms with Gasteiger partial charge in [-0.2, -0.15) is 0 Å². The van der Waals surface area contributed by atoms with Crippen molar-refractivity contribution >= 4 is 16.5 Å². The van der Waals surface area contributed by atoms with Crippen LogP contribution in [-0.4, -0.2) is 42.3 Å². The van der Waals surface area contributed by atoms with Crippen molar-refractivity contribution in [1.82, 2.24) is 15.1 Å². The van der Waals surface area contributed by atoms with Crippen LogP contribution in [0.4, 0.5) is 5.13 Å². The lowest BCUT2D eigenvalue weighted by molar-refractivity contribution is 0.215. The maximum absolute atomic E-state index is 4.30. The smallest absolute Gasteiger partial charge is 0.205 e. The number of rotatable bonds is 6. The van der Waals surface area contributed by atoms with Gasteiger partial charge in [0.25, 0.3) is 0 Å². The predicted octanol–water partition coefficient (Wildman–Crippen LogP) is 2.95. The summed E-state index contributed by atoms with van der Waals surface area (Å²) in [5, 5.41) is 14.4. The molecule has 0 radical (unpaired) electrons. The number of nitrogens with zero attached hydrogens (tertiary/aromatic N) is 3. The monoisotopic (exact) mass is 280 g/mol. The van der Waals surface area contributed by atoms with Crippen LogP contribution in [0.1, 0.15) is 49.5 Å². The third-order valence-electron chi connectivity index (χ3n) is 4.30. The Bertz CT molecular complexity index is 419. The molecule has 1 heterocycles. The van der Waals surface area contributed by atoms with E-state index in [0.29, 0.717) is 5.41 Å². The second-order valence-corrected chi connectivity index (χ2v) is 7.53. The lowest BCUT2D eigenvalue weighted by Crippen LogP contribution is -2.37. The van der Waals surface area contributed by atoms with Crippen LogP contribution in [0.2, 0.25) is 0 Å². The van der Waals surface area contributed by atoms with Crippen LogP contribution < -0.4 is 5.32 Å². The second kappa shape index (κ2) is 5.37. The third kappa shape index (κ3) is 3.26. The summed E-state index contributed by atoms with van der Waals surface area (Å²) in [6, 6.07) is 0. The number of nitrogens with one attached hydrogen (secondary N) is 1. The lowest BCUT2D eigenvalue weighted by atomic mass is 9.85. The molecule has 0 unspecified atom stereocenters. The van der Waals surface area contributed by atoms with Crippen molar-refractivity contribution in [3.63, 3.8) is 0 Å². The maximum atomic E-state index is 4.30. The Morgan fingerprint density at radius 1 is 1.26 bits per heavy atom. The highest BCUT2D eigenvalue weighted by atomic mass is 32.1. The zero-order valence-corrected chi connectivity index (χ0v) is 12.8. The molecule has 0 spiro atoms. The summed E-state index contributed by atoms with van der Waals surface area (Å²) in [7, 11) is 4.35. The van der Waals surface area contributed by atoms with Crippen molar-refractivity contribution in [2.75, 3.05) is 32.5 Å². The van der Waals surface area contributed by atoms with Gasteiger partial charge in [-0.15, -0.1) is 10.2 Å². The van der Waals surface area contributed by atoms with Gasteiger partial charge in [0.15, 0.2) is 0 Å². The molecule has 0 aliphatic heterocycles. The van der Waals surface area contributed by atoms with Crippen LogP contribution in [0.5, 0.6) is 0 Å². The summed E-state index contributed by atoms with van der Waals surface area (Å²) >= 11 is 1.76. The summed E-state index contributed by atoms with van der Waals surface area (Å²) in [6.07, 6.45) is 8.04. The van der Waals surface area contributed by atoms with Crippen molar-refractivity contribution in [1.29, 1.82) is 0 Å². The molecule has 5 heteroatoms. The predicted molar refractivity (Wildman–Crippen MR) is 79.8 cm³/mol. The molecule has 1 N–H and O–H groups in total. The molecule has 0 saturated heterocycles. The minimum absolute atomic E-state index is 0.439. The Morgan fingerprint density at radius 3 is 2.63 bits per heavy atom. The normalized spacial score (nSPS) is 22.1. The zero-order chi connectivity index (χ0) is 13.3. The topological polar surface area (TPSA) is 41.0 Å². The van der Waals surface area contributed by atoms with Gasteiger partial charge in [-0.25, -0.2) is 0 Å². The van der Waals surface area contributed by atoms with Crippen LogP contribution >= 0.6 is 11.3 Å². The minimum Gasteiger partial charge on any atom is -0.359 e. The standard InChI is InChI=1S/C14H24N4S/c1-18(2)10-14(7-3-4-8-14)9-15-13-17-16-12(19-13)11-5-6-11/h11H,3-10H2,1-2H3,(H,15,17). The molecule has 2 fully saturated rings. The highest BCUT2D eigenvalue weighted by Gasteiger charge is 2.34. The van der Waals surface area contributed by atoms with Gasteiger partial charge < -0.3 is 10.2 Å². The molecule has 0 amide bonds. The van der Waals surface area contributed by atoms with Crippen LogP contribution in [0.15, 0.2) is 0 Å². The lowest BCUT2D eigenvalue weighted by Gasteiger charge is -2.32. The Labute approximate surface area is 119 Å². The average molecular weight is 280 g/mol. The van der Waals surface area contributed by atoms with Crippen LogP contribution in [-0.2, 0) is 0 Å². The fraction of sp³-hybridized carbons (Fsp3) is 0.857. The van der Waals surface area contributed by atoms with Gasteiger partial charge in [-0.05, 0) is 39.8 Å². The molecule has 19 heavy (non-hydrogen) atoms. The van der Waals surface area contributed by atoms with E-state index in [1.165, 1.54) is 50.1 Å². The Morgan fingerprint density at radius 2 is 2.00 bits per heavy atom. The highest BCUT2D eigenvalue weighted by Crippen LogP contribution is 2.43. The molecule has 0 aromatic carbocycles. The van der Waals surface area contributed by atoms with E-state index in [1.54, 1.807) is 11.3 Å². The maximum Gasteiger partial charge on any atom is 0.205 e. The van der Waals surface area contributed by atoms with Crippen LogP contribution in [0, 0.1) is 5.41 Å². The molecule has 4 nitrogen and oxygen atoms in total. The molecule has 1 aromatic heterocycles. The zero-order valence-electron chi connectivity index (χ0n) is 12.0. The first-order valence-corrected chi connectivity index (χ1v) is 8.21. The van der Waals surface area contributed by atoms with Crippen LogP contribution in [0.3, 0.4) is 0 Å². The van der Waals surface area contributed by atoms with Gasteiger partial charge in [0, 0.05) is 24.4 Å². The average Bonchev–Trinajstić information content (AvgIpc) is 2.94. The van der Waals surface area contributed by atoms with Gasteiger partial charge in [0.1, 0.15) is 5.01 Å². The summed E-state index contributed by atoms with van der Waals surface area (Å²) in [5.74, 6) is 0.718. The van der Waals surface area contributed by atoms with E-state index >= 15 is 0 Å². The molecule has 0 bridgehead atoms. The number of aromatic nitrogens is 2. The second-order valence-electron chi connectivity index (χ2n) is 6.52. The Balaban J connectivity index is 1.58. The van der Waals surface area contributed by atoms with Gasteiger partial charge in [-0.1, -0.05) is 24.2 Å². The first kappa shape index (κ1) is 13.3. The van der Waals surface area contributed by atoms with E-state index in [9.17, 15) is 0 Å². The third-order valence-corrected chi connectivity index (χ3v) is 5.34. The van der Waals surface area contributed by atoms with Crippen molar-refractivity contribution in [3.8, 4) is 0 Å². The molecule has 2 aliphatic rings. The largest absolute Gasteiger partial charge is 0.359 e. The Hall–Kier alpha value is -0.680. The molecule has 1 aromatic rings. The quantitative estimate of drug-likeness (QED) is 0.870. The molecular formula is C14H24N4S. The van der Waals surface area contributed by atoms with Gasteiger partial charge in [0.05, 0.1) is 0 Å². The van der Waals surface area contributed by atoms with Gasteiger partial charge in [0.2, 0.25) is 5.13 Å². The summed E-state index contributed by atoms with van der Waals surface area (Å²) in [6.45, 7) is 2.22. The van der Waals surface area contributed by atoms with Crippen molar-refractivity contribution in [3.05, 3.63) is 5.01 Å². The molecule has 106 valence electrons. The fourth-order valence-corrected chi connectivity index (χ4v) is 4.16. The molecule has 0 atom stereocenters. The summed E-state index contributed by atoms with van der Waals surface area (Å²) in [5.41, 5.74) is 0.439. The molecule has 3 rings (SSSR count). The Kier molecular flexibility index (Phi) is 3.76. The van der Waals surface area contributed by atoms with E-state index in [0.717, 1.165) is 17.6 Å². The van der Waals surface area contributed by atoms with Gasteiger partial charge >= 0.3 is 0 Å². The highest BCUT2D eigenvalue weighted by molar-refractivity contribution is 7.15. The summed E-state index contributed by atoms with van der Waals surface area (Å²) in [4.78, 5) is 2.32. The molecule has 2 saturated carbocycles. The molecular weight excluding hydrogens is 256 g/mol. The number of hydrogen-bond donors (Lipinski definition) is 1. The van der Waals surface area contributed by atoms with E-state index in [4.69, 9.17) is 0 Å². The van der Waals surface area contributed by atoms with Gasteiger partial charge in [-0.3, -0.25) is 0 Å². The van der Waals surface area contributed by atoms with Crippen molar-refractivity contribution < 1.29 is 0 Å². The SMILES string of the molecule is CN(C)CC1(CNc2nnc(C3CC3)s2)CCCC1. The van der Waals surface area contributed by atoms with E-state index in [1.807, 2.05) is 0 Å². The van der Waals surface area contributed by atoms with E-state index in [2.05, 4.69) is 34.5 Å². The van der Waals surface area contributed by atoms with E-state index < -0.39 is 0 Å². The summed E-state index contributed by atoms with van der Waals surface area (Å²) < 4.78 is 0. The first-order valence-electron chi connectivity index (χ1n) is 7.39. The number of hydrogen-bond acceptors (Lipinski definition) is 5. The fourth-order valence-electron chi connectivity index (χ4n) is 3.25. The van der Waals surface area contributed by atoms with E-state index in [-0.39, 0.29) is 0 Å². The first-order chi connectivity index (χ1) is 9.17.